The van der Waals surface area contributed by atoms with E-state index in [4.69, 9.17) is 0 Å². The highest BCUT2D eigenvalue weighted by Gasteiger charge is 2.23. The summed E-state index contributed by atoms with van der Waals surface area (Å²) in [6.07, 6.45) is 2.12. The summed E-state index contributed by atoms with van der Waals surface area (Å²) in [5, 5.41) is 7.68. The SMILES string of the molecule is CN=C(NCC(=O)Nc1ccc(F)c(F)c1F)N1CCC(CC(=O)NC)CC1.I. The number of carbonyl (C=O) groups excluding carboxylic acids is 2. The van der Waals surface area contributed by atoms with Crippen molar-refractivity contribution in [1.82, 2.24) is 15.5 Å². The van der Waals surface area contributed by atoms with Crippen molar-refractivity contribution in [3.05, 3.63) is 29.6 Å². The Kier molecular flexibility index (Phi) is 10.2. The molecule has 1 aliphatic heterocycles. The van der Waals surface area contributed by atoms with E-state index >= 15 is 0 Å². The Balaban J connectivity index is 0.00000420. The number of amides is 2. The fraction of sp³-hybridized carbons (Fsp3) is 0.500. The summed E-state index contributed by atoms with van der Waals surface area (Å²) in [7, 11) is 3.19. The topological polar surface area (TPSA) is 85.8 Å². The number of hydrogen-bond donors (Lipinski definition) is 3. The minimum absolute atomic E-state index is 0. The highest BCUT2D eigenvalue weighted by molar-refractivity contribution is 14.0. The lowest BCUT2D eigenvalue weighted by atomic mass is 9.93. The average molecular weight is 527 g/mol. The van der Waals surface area contributed by atoms with Gasteiger partial charge >= 0.3 is 0 Å². The van der Waals surface area contributed by atoms with E-state index < -0.39 is 29.0 Å². The van der Waals surface area contributed by atoms with Crippen LogP contribution in [0.5, 0.6) is 0 Å². The van der Waals surface area contributed by atoms with E-state index in [1.165, 1.54) is 0 Å². The highest BCUT2D eigenvalue weighted by atomic mass is 127. The van der Waals surface area contributed by atoms with E-state index in [2.05, 4.69) is 20.9 Å². The predicted molar refractivity (Wildman–Crippen MR) is 115 cm³/mol. The van der Waals surface area contributed by atoms with Crippen LogP contribution >= 0.6 is 24.0 Å². The first kappa shape index (κ1) is 25.0. The van der Waals surface area contributed by atoms with Crippen molar-refractivity contribution in [3.63, 3.8) is 0 Å². The fourth-order valence-electron chi connectivity index (χ4n) is 3.02. The number of aliphatic imine (C=N–C) groups is 1. The number of nitrogens with zero attached hydrogens (tertiary/aromatic N) is 2. The molecule has 1 saturated heterocycles. The Morgan fingerprint density at radius 2 is 1.79 bits per heavy atom. The van der Waals surface area contributed by atoms with Gasteiger partial charge in [0, 0.05) is 33.6 Å². The third-order valence-corrected chi connectivity index (χ3v) is 4.60. The van der Waals surface area contributed by atoms with E-state index in [1.54, 1.807) is 14.1 Å². The Labute approximate surface area is 184 Å². The predicted octanol–water partition coefficient (Wildman–Crippen LogP) is 2.08. The number of anilines is 1. The summed E-state index contributed by atoms with van der Waals surface area (Å²) in [5.74, 6) is -4.22. The van der Waals surface area contributed by atoms with Gasteiger partial charge < -0.3 is 20.9 Å². The minimum atomic E-state index is -1.64. The molecule has 0 saturated carbocycles. The number of halogens is 4. The Morgan fingerprint density at radius 3 is 2.38 bits per heavy atom. The molecule has 1 aromatic carbocycles. The van der Waals surface area contributed by atoms with Crippen molar-refractivity contribution >= 4 is 47.4 Å². The zero-order valence-corrected chi connectivity index (χ0v) is 18.6. The van der Waals surface area contributed by atoms with Crippen LogP contribution in [0.3, 0.4) is 0 Å². The van der Waals surface area contributed by atoms with Gasteiger partial charge in [0.1, 0.15) is 0 Å². The molecule has 162 valence electrons. The molecule has 0 unspecified atom stereocenters. The Bertz CT molecular complexity index is 755. The van der Waals surface area contributed by atoms with Crippen LogP contribution in [0.25, 0.3) is 0 Å². The number of likely N-dealkylation sites (tertiary alicyclic amines) is 1. The van der Waals surface area contributed by atoms with Gasteiger partial charge in [0.2, 0.25) is 11.8 Å². The highest BCUT2D eigenvalue weighted by Crippen LogP contribution is 2.21. The molecule has 2 amide bonds. The van der Waals surface area contributed by atoms with Gasteiger partial charge in [-0.25, -0.2) is 13.2 Å². The first-order valence-electron chi connectivity index (χ1n) is 8.95. The van der Waals surface area contributed by atoms with Gasteiger partial charge in [-0.3, -0.25) is 14.6 Å². The maximum atomic E-state index is 13.6. The lowest BCUT2D eigenvalue weighted by molar-refractivity contribution is -0.121. The number of benzene rings is 1. The molecule has 0 radical (unpaired) electrons. The van der Waals surface area contributed by atoms with Crippen molar-refractivity contribution in [3.8, 4) is 0 Å². The smallest absolute Gasteiger partial charge is 0.243 e. The van der Waals surface area contributed by atoms with Crippen molar-refractivity contribution in [1.29, 1.82) is 0 Å². The molecule has 1 heterocycles. The van der Waals surface area contributed by atoms with E-state index in [0.29, 0.717) is 31.4 Å². The molecular formula is C18H25F3IN5O2. The summed E-state index contributed by atoms with van der Waals surface area (Å²) in [4.78, 5) is 29.6. The number of nitrogens with one attached hydrogen (secondary N) is 3. The van der Waals surface area contributed by atoms with Crippen molar-refractivity contribution < 1.29 is 22.8 Å². The summed E-state index contributed by atoms with van der Waals surface area (Å²) >= 11 is 0. The van der Waals surface area contributed by atoms with Crippen LogP contribution in [0.4, 0.5) is 18.9 Å². The van der Waals surface area contributed by atoms with Gasteiger partial charge in [0.15, 0.2) is 23.4 Å². The van der Waals surface area contributed by atoms with Crippen LogP contribution in [-0.2, 0) is 9.59 Å². The first-order valence-corrected chi connectivity index (χ1v) is 8.95. The number of piperidine rings is 1. The molecule has 0 bridgehead atoms. The minimum Gasteiger partial charge on any atom is -0.359 e. The van der Waals surface area contributed by atoms with Gasteiger partial charge in [-0.05, 0) is 30.9 Å². The van der Waals surface area contributed by atoms with Gasteiger partial charge in [0.25, 0.3) is 0 Å². The summed E-state index contributed by atoms with van der Waals surface area (Å²) < 4.78 is 39.8. The lowest BCUT2D eigenvalue weighted by Gasteiger charge is -2.33. The fourth-order valence-corrected chi connectivity index (χ4v) is 3.02. The molecule has 7 nitrogen and oxygen atoms in total. The summed E-state index contributed by atoms with van der Waals surface area (Å²) in [5.41, 5.74) is -0.435. The molecule has 0 aromatic heterocycles. The van der Waals surface area contributed by atoms with E-state index in [-0.39, 0.29) is 36.4 Å². The van der Waals surface area contributed by atoms with Crippen LogP contribution < -0.4 is 16.0 Å². The molecule has 1 aliphatic rings. The molecule has 29 heavy (non-hydrogen) atoms. The van der Waals surface area contributed by atoms with Gasteiger partial charge in [0.05, 0.1) is 12.2 Å². The average Bonchev–Trinajstić information content (AvgIpc) is 2.70. The Morgan fingerprint density at radius 1 is 1.14 bits per heavy atom. The second-order valence-electron chi connectivity index (χ2n) is 6.48. The van der Waals surface area contributed by atoms with Gasteiger partial charge in [-0.1, -0.05) is 0 Å². The van der Waals surface area contributed by atoms with Crippen LogP contribution in [0.1, 0.15) is 19.3 Å². The maximum absolute atomic E-state index is 13.6. The molecule has 0 aliphatic carbocycles. The van der Waals surface area contributed by atoms with Crippen LogP contribution in [0, 0.1) is 23.4 Å². The number of rotatable bonds is 5. The number of carbonyl (C=O) groups is 2. The lowest BCUT2D eigenvalue weighted by Crippen LogP contribution is -2.47. The largest absolute Gasteiger partial charge is 0.359 e. The molecule has 0 spiro atoms. The monoisotopic (exact) mass is 527 g/mol. The number of guanidine groups is 1. The van der Waals surface area contributed by atoms with Crippen molar-refractivity contribution in [2.24, 2.45) is 10.9 Å². The standard InChI is InChI=1S/C18H24F3N5O2.HI/c1-22-14(27)9-11-5-7-26(8-6-11)18(23-2)24-10-15(28)25-13-4-3-12(19)16(20)17(13)21;/h3-4,11H,5-10H2,1-2H3,(H,22,27)(H,23,24)(H,25,28);1H. The molecule has 1 aromatic rings. The van der Waals surface area contributed by atoms with E-state index in [0.717, 1.165) is 25.0 Å². The number of hydrogen-bond acceptors (Lipinski definition) is 3. The first-order chi connectivity index (χ1) is 13.3. The molecular weight excluding hydrogens is 502 g/mol. The van der Waals surface area contributed by atoms with E-state index in [1.807, 2.05) is 4.90 Å². The molecule has 11 heteroatoms. The van der Waals surface area contributed by atoms with Gasteiger partial charge in [-0.2, -0.15) is 0 Å². The molecule has 1 fully saturated rings. The summed E-state index contributed by atoms with van der Waals surface area (Å²) in [6.45, 7) is 1.14. The second kappa shape index (κ2) is 11.8. The van der Waals surface area contributed by atoms with Crippen molar-refractivity contribution in [2.45, 2.75) is 19.3 Å². The zero-order chi connectivity index (χ0) is 20.7. The maximum Gasteiger partial charge on any atom is 0.243 e. The molecule has 0 atom stereocenters. The zero-order valence-electron chi connectivity index (χ0n) is 16.2. The third-order valence-electron chi connectivity index (χ3n) is 4.60. The normalized spacial score (nSPS) is 14.8. The van der Waals surface area contributed by atoms with Crippen LogP contribution in [0.15, 0.2) is 17.1 Å². The van der Waals surface area contributed by atoms with Gasteiger partial charge in [-0.15, -0.1) is 24.0 Å². The van der Waals surface area contributed by atoms with E-state index in [9.17, 15) is 22.8 Å². The third kappa shape index (κ3) is 7.05. The second-order valence-corrected chi connectivity index (χ2v) is 6.48. The Hall–Kier alpha value is -2.05. The summed E-state index contributed by atoms with van der Waals surface area (Å²) in [6, 6.07) is 1.70. The molecule has 2 rings (SSSR count). The van der Waals surface area contributed by atoms with Crippen molar-refractivity contribution in [2.75, 3.05) is 39.0 Å². The quantitative estimate of drug-likeness (QED) is 0.237. The molecule has 3 N–H and O–H groups in total. The van der Waals surface area contributed by atoms with Crippen LogP contribution in [0.2, 0.25) is 0 Å². The van der Waals surface area contributed by atoms with Crippen LogP contribution in [-0.4, -0.2) is 56.4 Å².